The van der Waals surface area contributed by atoms with Crippen LogP contribution in [0.1, 0.15) is 25.7 Å². The quantitative estimate of drug-likeness (QED) is 0.823. The molecule has 2 N–H and O–H groups in total. The van der Waals surface area contributed by atoms with Crippen molar-refractivity contribution in [1.82, 2.24) is 10.2 Å². The lowest BCUT2D eigenvalue weighted by molar-refractivity contribution is 0.00211. The van der Waals surface area contributed by atoms with E-state index in [4.69, 9.17) is 10.5 Å². The second-order valence-electron chi connectivity index (χ2n) is 5.02. The number of rotatable bonds is 1. The molecule has 0 unspecified atom stereocenters. The average molecular weight is 254 g/mol. The van der Waals surface area contributed by atoms with E-state index >= 15 is 0 Å². The molecule has 6 heteroatoms. The Labute approximate surface area is 105 Å². The molecule has 0 aliphatic carbocycles. The van der Waals surface area contributed by atoms with E-state index in [0.29, 0.717) is 10.5 Å². The van der Waals surface area contributed by atoms with Crippen LogP contribution in [0.25, 0.3) is 0 Å². The highest BCUT2D eigenvalue weighted by molar-refractivity contribution is 7.18. The lowest BCUT2D eigenvalue weighted by Gasteiger charge is -2.43. The Morgan fingerprint density at radius 3 is 2.41 bits per heavy atom. The first-order valence-electron chi connectivity index (χ1n) is 6.19. The van der Waals surface area contributed by atoms with Gasteiger partial charge in [0.1, 0.15) is 0 Å². The largest absolute Gasteiger partial charge is 0.381 e. The van der Waals surface area contributed by atoms with Gasteiger partial charge in [-0.05, 0) is 31.1 Å². The smallest absolute Gasteiger partial charge is 0.209 e. The van der Waals surface area contributed by atoms with E-state index in [0.717, 1.165) is 31.4 Å². The van der Waals surface area contributed by atoms with E-state index in [1.54, 1.807) is 0 Å². The van der Waals surface area contributed by atoms with Crippen molar-refractivity contribution < 1.29 is 4.74 Å². The zero-order chi connectivity index (χ0) is 11.7. The van der Waals surface area contributed by atoms with Crippen molar-refractivity contribution in [3.8, 4) is 0 Å². The van der Waals surface area contributed by atoms with Gasteiger partial charge in [-0.25, -0.2) is 0 Å². The van der Waals surface area contributed by atoms with Crippen LogP contribution in [-0.4, -0.2) is 36.5 Å². The van der Waals surface area contributed by atoms with Gasteiger partial charge in [-0.15, -0.1) is 10.2 Å². The fraction of sp³-hybridized carbons (Fsp3) is 0.818. The lowest BCUT2D eigenvalue weighted by atomic mass is 9.73. The Morgan fingerprint density at radius 1 is 1.12 bits per heavy atom. The molecule has 2 aliphatic heterocycles. The van der Waals surface area contributed by atoms with Crippen molar-refractivity contribution in [2.75, 3.05) is 36.9 Å². The summed E-state index contributed by atoms with van der Waals surface area (Å²) in [7, 11) is 0. The highest BCUT2D eigenvalue weighted by Gasteiger charge is 2.36. The minimum absolute atomic E-state index is 0.533. The molecule has 0 radical (unpaired) electrons. The molecule has 94 valence electrons. The predicted molar refractivity (Wildman–Crippen MR) is 68.3 cm³/mol. The van der Waals surface area contributed by atoms with E-state index in [9.17, 15) is 0 Å². The summed E-state index contributed by atoms with van der Waals surface area (Å²) in [5.74, 6) is 0. The summed E-state index contributed by atoms with van der Waals surface area (Å²) in [6.07, 6.45) is 4.93. The fourth-order valence-electron chi connectivity index (χ4n) is 2.83. The fourth-order valence-corrected chi connectivity index (χ4v) is 3.49. The highest BCUT2D eigenvalue weighted by Crippen LogP contribution is 2.41. The number of anilines is 2. The number of nitrogens with two attached hydrogens (primary N) is 1. The summed E-state index contributed by atoms with van der Waals surface area (Å²) in [5, 5.41) is 9.54. The summed E-state index contributed by atoms with van der Waals surface area (Å²) >= 11 is 1.49. The number of nitrogens with zero attached hydrogens (tertiary/aromatic N) is 3. The van der Waals surface area contributed by atoms with Gasteiger partial charge in [-0.3, -0.25) is 0 Å². The molecule has 0 bridgehead atoms. The van der Waals surface area contributed by atoms with Crippen molar-refractivity contribution in [3.63, 3.8) is 0 Å². The third-order valence-corrected chi connectivity index (χ3v) is 4.89. The van der Waals surface area contributed by atoms with Gasteiger partial charge in [0.2, 0.25) is 10.3 Å². The summed E-state index contributed by atoms with van der Waals surface area (Å²) < 4.78 is 5.46. The van der Waals surface area contributed by atoms with Crippen molar-refractivity contribution in [2.24, 2.45) is 5.41 Å². The normalized spacial score (nSPS) is 24.1. The zero-order valence-corrected chi connectivity index (χ0v) is 10.7. The minimum Gasteiger partial charge on any atom is -0.381 e. The summed E-state index contributed by atoms with van der Waals surface area (Å²) in [5.41, 5.74) is 6.16. The highest BCUT2D eigenvalue weighted by atomic mass is 32.1. The zero-order valence-electron chi connectivity index (χ0n) is 9.89. The van der Waals surface area contributed by atoms with E-state index in [1.807, 2.05) is 0 Å². The van der Waals surface area contributed by atoms with Gasteiger partial charge >= 0.3 is 0 Å². The summed E-state index contributed by atoms with van der Waals surface area (Å²) in [6, 6.07) is 0. The van der Waals surface area contributed by atoms with Crippen LogP contribution in [-0.2, 0) is 4.74 Å². The van der Waals surface area contributed by atoms with Crippen LogP contribution in [0.3, 0.4) is 0 Å². The molecule has 0 aromatic carbocycles. The van der Waals surface area contributed by atoms with Gasteiger partial charge in [-0.2, -0.15) is 0 Å². The van der Waals surface area contributed by atoms with E-state index < -0.39 is 0 Å². The first-order valence-corrected chi connectivity index (χ1v) is 7.01. The monoisotopic (exact) mass is 254 g/mol. The van der Waals surface area contributed by atoms with Gasteiger partial charge in [0.15, 0.2) is 0 Å². The number of hydrogen-bond acceptors (Lipinski definition) is 6. The Balaban J connectivity index is 1.63. The van der Waals surface area contributed by atoms with Crippen LogP contribution >= 0.6 is 11.3 Å². The molecule has 1 spiro atoms. The minimum atomic E-state index is 0.533. The molecule has 2 aliphatic rings. The van der Waals surface area contributed by atoms with Gasteiger partial charge < -0.3 is 15.4 Å². The van der Waals surface area contributed by atoms with E-state index in [2.05, 4.69) is 15.1 Å². The Hall–Kier alpha value is -0.880. The first kappa shape index (κ1) is 11.2. The van der Waals surface area contributed by atoms with Crippen molar-refractivity contribution >= 4 is 21.6 Å². The van der Waals surface area contributed by atoms with Crippen LogP contribution in [0.5, 0.6) is 0 Å². The molecular formula is C11H18N4OS. The molecule has 2 fully saturated rings. The first-order chi connectivity index (χ1) is 8.27. The Kier molecular flexibility index (Phi) is 2.92. The molecule has 5 nitrogen and oxygen atoms in total. The second kappa shape index (κ2) is 4.42. The molecule has 17 heavy (non-hydrogen) atoms. The van der Waals surface area contributed by atoms with Gasteiger partial charge in [0, 0.05) is 26.3 Å². The average Bonchev–Trinajstić information content (AvgIpc) is 2.78. The van der Waals surface area contributed by atoms with Gasteiger partial charge in [0.05, 0.1) is 0 Å². The third-order valence-electron chi connectivity index (χ3n) is 4.08. The maximum absolute atomic E-state index is 5.62. The van der Waals surface area contributed by atoms with Crippen LogP contribution in [0, 0.1) is 5.41 Å². The number of piperidine rings is 1. The standard InChI is InChI=1S/C11H18N4OS/c12-9-13-14-10(17-9)15-5-1-11(2-6-15)3-7-16-8-4-11/h1-8H2,(H2,12,13). The molecule has 0 saturated carbocycles. The third kappa shape index (κ3) is 2.24. The Bertz CT molecular complexity index is 379. The molecular weight excluding hydrogens is 236 g/mol. The SMILES string of the molecule is Nc1nnc(N2CCC3(CCOCC3)CC2)s1. The predicted octanol–water partition coefficient (Wildman–Crippen LogP) is 1.52. The molecule has 3 heterocycles. The molecule has 1 aromatic rings. The Morgan fingerprint density at radius 2 is 1.82 bits per heavy atom. The van der Waals surface area contributed by atoms with Gasteiger partial charge in [-0.1, -0.05) is 11.3 Å². The molecule has 1 aromatic heterocycles. The molecule has 0 amide bonds. The topological polar surface area (TPSA) is 64.3 Å². The van der Waals surface area contributed by atoms with E-state index in [1.165, 1.54) is 37.0 Å². The number of aromatic nitrogens is 2. The maximum atomic E-state index is 5.62. The van der Waals surface area contributed by atoms with Crippen LogP contribution in [0.4, 0.5) is 10.3 Å². The second-order valence-corrected chi connectivity index (χ2v) is 6.01. The van der Waals surface area contributed by atoms with Crippen molar-refractivity contribution in [2.45, 2.75) is 25.7 Å². The van der Waals surface area contributed by atoms with Crippen molar-refractivity contribution in [3.05, 3.63) is 0 Å². The summed E-state index contributed by atoms with van der Waals surface area (Å²) in [4.78, 5) is 2.31. The molecule has 2 saturated heterocycles. The lowest BCUT2D eigenvalue weighted by Crippen LogP contribution is -2.42. The number of hydrogen-bond donors (Lipinski definition) is 1. The summed E-state index contributed by atoms with van der Waals surface area (Å²) in [6.45, 7) is 4.03. The van der Waals surface area contributed by atoms with Crippen LogP contribution in [0.15, 0.2) is 0 Å². The van der Waals surface area contributed by atoms with Crippen LogP contribution in [0.2, 0.25) is 0 Å². The van der Waals surface area contributed by atoms with Crippen molar-refractivity contribution in [1.29, 1.82) is 0 Å². The van der Waals surface area contributed by atoms with Gasteiger partial charge in [0.25, 0.3) is 0 Å². The van der Waals surface area contributed by atoms with E-state index in [-0.39, 0.29) is 0 Å². The number of nitrogen functional groups attached to an aromatic ring is 1. The number of ether oxygens (including phenoxy) is 1. The molecule has 0 atom stereocenters. The van der Waals surface area contributed by atoms with Crippen LogP contribution < -0.4 is 10.6 Å². The molecule has 3 rings (SSSR count). The maximum Gasteiger partial charge on any atom is 0.209 e.